The molecule has 2 aromatic rings. The van der Waals surface area contributed by atoms with Crippen LogP contribution in [0.1, 0.15) is 44.6 Å². The highest BCUT2D eigenvalue weighted by molar-refractivity contribution is 9.10. The number of nitrogens with one attached hydrogen (secondary N) is 1. The Morgan fingerprint density at radius 3 is 2.74 bits per heavy atom. The number of rotatable bonds is 7. The van der Waals surface area contributed by atoms with Gasteiger partial charge >= 0.3 is 0 Å². The van der Waals surface area contributed by atoms with Crippen LogP contribution in [0.2, 0.25) is 0 Å². The van der Waals surface area contributed by atoms with Gasteiger partial charge in [-0.1, -0.05) is 35.0 Å². The van der Waals surface area contributed by atoms with Crippen LogP contribution < -0.4 is 11.1 Å². The lowest BCUT2D eigenvalue weighted by molar-refractivity contribution is -0.119. The normalized spacial score (nSPS) is 18.9. The molecule has 3 N–H and O–H groups in total. The summed E-state index contributed by atoms with van der Waals surface area (Å²) in [7, 11) is 0. The molecule has 7 nitrogen and oxygen atoms in total. The Hall–Kier alpha value is -2.92. The first-order valence-electron chi connectivity index (χ1n) is 10.4. The Labute approximate surface area is 190 Å². The molecule has 1 aliphatic carbocycles. The smallest absolute Gasteiger partial charge is 0.262 e. The number of nitrogens with two attached hydrogens (primary N) is 1. The fourth-order valence-electron chi connectivity index (χ4n) is 3.71. The Morgan fingerprint density at radius 1 is 1.35 bits per heavy atom. The lowest BCUT2D eigenvalue weighted by Crippen LogP contribution is -2.37. The molecule has 31 heavy (non-hydrogen) atoms. The summed E-state index contributed by atoms with van der Waals surface area (Å²) in [5, 5.41) is 17.2. The second-order valence-electron chi connectivity index (χ2n) is 8.02. The minimum absolute atomic E-state index is 0.0318. The molecule has 1 aromatic carbocycles. The van der Waals surface area contributed by atoms with E-state index in [1.165, 1.54) is 0 Å². The van der Waals surface area contributed by atoms with Gasteiger partial charge in [0.2, 0.25) is 5.91 Å². The van der Waals surface area contributed by atoms with Gasteiger partial charge in [-0.25, -0.2) is 0 Å². The van der Waals surface area contributed by atoms with Crippen LogP contribution in [0.25, 0.3) is 17.3 Å². The van der Waals surface area contributed by atoms with E-state index in [1.807, 2.05) is 30.3 Å². The first kappa shape index (κ1) is 22.8. The molecule has 1 fully saturated rings. The van der Waals surface area contributed by atoms with Crippen LogP contribution in [-0.4, -0.2) is 27.6 Å². The van der Waals surface area contributed by atoms with Crippen molar-refractivity contribution in [3.8, 4) is 17.3 Å². The first-order chi connectivity index (χ1) is 14.9. The molecule has 1 saturated carbocycles. The minimum atomic E-state index is -0.421. The SMILES string of the molecule is CC1CCC(NC(=O)/C(C#N)=C/c2cn(CCC(N)=O)nc2-c2cccc(Br)c2)CC1. The second kappa shape index (κ2) is 10.4. The molecule has 1 heterocycles. The molecule has 3 rings (SSSR count). The van der Waals surface area contributed by atoms with Crippen molar-refractivity contribution < 1.29 is 9.59 Å². The Kier molecular flexibility index (Phi) is 7.64. The number of benzene rings is 1. The number of hydrogen-bond donors (Lipinski definition) is 2. The summed E-state index contributed by atoms with van der Waals surface area (Å²) >= 11 is 3.46. The molecule has 1 aromatic heterocycles. The Balaban J connectivity index is 1.89. The quantitative estimate of drug-likeness (QED) is 0.460. The maximum atomic E-state index is 12.8. The van der Waals surface area contributed by atoms with E-state index < -0.39 is 5.91 Å². The maximum absolute atomic E-state index is 12.8. The molecular formula is C23H26BrN5O2. The third-order valence-electron chi connectivity index (χ3n) is 5.49. The number of halogens is 1. The predicted molar refractivity (Wildman–Crippen MR) is 122 cm³/mol. The van der Waals surface area contributed by atoms with Crippen molar-refractivity contribution >= 4 is 33.8 Å². The number of carbonyl (C=O) groups excluding carboxylic acids is 2. The number of carbonyl (C=O) groups is 2. The fourth-order valence-corrected chi connectivity index (χ4v) is 4.11. The summed E-state index contributed by atoms with van der Waals surface area (Å²) in [5.74, 6) is -0.110. The minimum Gasteiger partial charge on any atom is -0.370 e. The highest BCUT2D eigenvalue weighted by Gasteiger charge is 2.22. The predicted octanol–water partition coefficient (Wildman–Crippen LogP) is 3.79. The Morgan fingerprint density at radius 2 is 2.10 bits per heavy atom. The van der Waals surface area contributed by atoms with E-state index in [2.05, 4.69) is 33.3 Å². The summed E-state index contributed by atoms with van der Waals surface area (Å²) < 4.78 is 2.50. The van der Waals surface area contributed by atoms with Crippen molar-refractivity contribution in [2.24, 2.45) is 11.7 Å². The van der Waals surface area contributed by atoms with Crippen LogP contribution in [0.5, 0.6) is 0 Å². The molecule has 8 heteroatoms. The first-order valence-corrected chi connectivity index (χ1v) is 11.2. The van der Waals surface area contributed by atoms with Crippen LogP contribution in [0, 0.1) is 17.2 Å². The summed E-state index contributed by atoms with van der Waals surface area (Å²) in [4.78, 5) is 23.9. The highest BCUT2D eigenvalue weighted by atomic mass is 79.9. The number of primary amides is 1. The molecular weight excluding hydrogens is 458 g/mol. The average Bonchev–Trinajstić information content (AvgIpc) is 3.15. The van der Waals surface area contributed by atoms with Crippen molar-refractivity contribution in [3.63, 3.8) is 0 Å². The summed E-state index contributed by atoms with van der Waals surface area (Å²) in [5.41, 5.74) is 7.38. The molecule has 0 spiro atoms. The number of amides is 2. The standard InChI is InChI=1S/C23H26BrN5O2/c1-15-5-7-20(8-6-15)27-23(31)17(13-25)11-18-14-29(10-9-21(26)30)28-22(18)16-3-2-4-19(24)12-16/h2-4,11-12,14-15,20H,5-10H2,1H3,(H2,26,30)(H,27,31)/b17-11+. The van der Waals surface area contributed by atoms with Gasteiger partial charge in [-0.3, -0.25) is 14.3 Å². The molecule has 0 aliphatic heterocycles. The second-order valence-corrected chi connectivity index (χ2v) is 8.94. The van der Waals surface area contributed by atoms with Gasteiger partial charge in [-0.15, -0.1) is 0 Å². The van der Waals surface area contributed by atoms with Gasteiger partial charge in [0, 0.05) is 40.8 Å². The number of aromatic nitrogens is 2. The lowest BCUT2D eigenvalue weighted by atomic mass is 9.87. The van der Waals surface area contributed by atoms with E-state index >= 15 is 0 Å². The van der Waals surface area contributed by atoms with E-state index in [4.69, 9.17) is 5.73 Å². The van der Waals surface area contributed by atoms with Crippen LogP contribution in [-0.2, 0) is 16.1 Å². The number of nitriles is 1. The van der Waals surface area contributed by atoms with Crippen molar-refractivity contribution in [2.75, 3.05) is 0 Å². The van der Waals surface area contributed by atoms with Crippen LogP contribution in [0.15, 0.2) is 40.5 Å². The molecule has 0 bridgehead atoms. The van der Waals surface area contributed by atoms with Gasteiger partial charge in [0.25, 0.3) is 5.91 Å². The van der Waals surface area contributed by atoms with E-state index in [-0.39, 0.29) is 23.9 Å². The molecule has 1 aliphatic rings. The third kappa shape index (κ3) is 6.28. The zero-order valence-corrected chi connectivity index (χ0v) is 19.1. The molecule has 2 amide bonds. The van der Waals surface area contributed by atoms with Gasteiger partial charge < -0.3 is 11.1 Å². The van der Waals surface area contributed by atoms with Gasteiger partial charge in [0.05, 0.1) is 5.69 Å². The molecule has 0 radical (unpaired) electrons. The topological polar surface area (TPSA) is 114 Å². The van der Waals surface area contributed by atoms with Crippen LogP contribution in [0.4, 0.5) is 0 Å². The van der Waals surface area contributed by atoms with Crippen molar-refractivity contribution in [1.29, 1.82) is 5.26 Å². The number of nitrogens with zero attached hydrogens (tertiary/aromatic N) is 3. The molecule has 0 atom stereocenters. The number of aryl methyl sites for hydroxylation is 1. The lowest BCUT2D eigenvalue weighted by Gasteiger charge is -2.26. The van der Waals surface area contributed by atoms with Gasteiger partial charge in [0.15, 0.2) is 0 Å². The monoisotopic (exact) mass is 483 g/mol. The van der Waals surface area contributed by atoms with E-state index in [0.29, 0.717) is 23.7 Å². The van der Waals surface area contributed by atoms with Crippen molar-refractivity contribution in [3.05, 3.63) is 46.1 Å². The van der Waals surface area contributed by atoms with Crippen LogP contribution >= 0.6 is 15.9 Å². The Bertz CT molecular complexity index is 1030. The summed E-state index contributed by atoms with van der Waals surface area (Å²) in [6.45, 7) is 2.54. The van der Waals surface area contributed by atoms with Crippen LogP contribution in [0.3, 0.4) is 0 Å². The third-order valence-corrected chi connectivity index (χ3v) is 5.98. The molecule has 0 unspecified atom stereocenters. The summed E-state index contributed by atoms with van der Waals surface area (Å²) in [6, 6.07) is 9.73. The zero-order chi connectivity index (χ0) is 22.4. The van der Waals surface area contributed by atoms with Gasteiger partial charge in [-0.2, -0.15) is 10.4 Å². The van der Waals surface area contributed by atoms with Gasteiger partial charge in [0.1, 0.15) is 11.6 Å². The van der Waals surface area contributed by atoms with E-state index in [9.17, 15) is 14.9 Å². The molecule has 162 valence electrons. The molecule has 0 saturated heterocycles. The fraction of sp³-hybridized carbons (Fsp3) is 0.391. The van der Waals surface area contributed by atoms with Crippen molar-refractivity contribution in [2.45, 2.75) is 51.6 Å². The van der Waals surface area contributed by atoms with E-state index in [1.54, 1.807) is 17.0 Å². The average molecular weight is 484 g/mol. The van der Waals surface area contributed by atoms with Gasteiger partial charge in [-0.05, 0) is 49.8 Å². The maximum Gasteiger partial charge on any atom is 0.262 e. The zero-order valence-electron chi connectivity index (χ0n) is 17.5. The highest BCUT2D eigenvalue weighted by Crippen LogP contribution is 2.27. The largest absolute Gasteiger partial charge is 0.370 e. The van der Waals surface area contributed by atoms with E-state index in [0.717, 1.165) is 35.7 Å². The number of hydrogen-bond acceptors (Lipinski definition) is 4. The van der Waals surface area contributed by atoms with Crippen molar-refractivity contribution in [1.82, 2.24) is 15.1 Å². The summed E-state index contributed by atoms with van der Waals surface area (Å²) in [6.07, 6.45) is 7.46.